The van der Waals surface area contributed by atoms with Crippen molar-refractivity contribution in [1.82, 2.24) is 5.32 Å². The van der Waals surface area contributed by atoms with E-state index in [1.54, 1.807) is 4.90 Å². The summed E-state index contributed by atoms with van der Waals surface area (Å²) in [4.78, 5) is 26.8. The van der Waals surface area contributed by atoms with E-state index >= 15 is 0 Å². The first-order chi connectivity index (χ1) is 15.2. The van der Waals surface area contributed by atoms with E-state index in [4.69, 9.17) is 4.74 Å². The van der Waals surface area contributed by atoms with Crippen LogP contribution in [0.4, 0.5) is 5.69 Å². The SMILES string of the molecule is CCOc1ccccc1CCCNC(=O)CCCN1C(=O)c2cccc3cccc1c23. The molecule has 3 aromatic rings. The maximum absolute atomic E-state index is 12.8. The van der Waals surface area contributed by atoms with Crippen molar-refractivity contribution in [2.75, 3.05) is 24.6 Å². The molecule has 5 nitrogen and oxygen atoms in total. The van der Waals surface area contributed by atoms with Crippen molar-refractivity contribution in [3.8, 4) is 5.75 Å². The summed E-state index contributed by atoms with van der Waals surface area (Å²) in [7, 11) is 0. The molecule has 0 aliphatic carbocycles. The Morgan fingerprint density at radius 3 is 2.65 bits per heavy atom. The van der Waals surface area contributed by atoms with Crippen LogP contribution >= 0.6 is 0 Å². The molecule has 0 fully saturated rings. The minimum atomic E-state index is 0.0279. The zero-order chi connectivity index (χ0) is 21.6. The van der Waals surface area contributed by atoms with Gasteiger partial charge < -0.3 is 15.0 Å². The molecule has 0 atom stereocenters. The van der Waals surface area contributed by atoms with Gasteiger partial charge in [-0.25, -0.2) is 0 Å². The number of carbonyl (C=O) groups excluding carboxylic acids is 2. The summed E-state index contributed by atoms with van der Waals surface area (Å²) in [5.74, 6) is 0.975. The molecule has 0 radical (unpaired) electrons. The lowest BCUT2D eigenvalue weighted by Crippen LogP contribution is -2.30. The first-order valence-corrected chi connectivity index (χ1v) is 11.0. The Morgan fingerprint density at radius 2 is 1.81 bits per heavy atom. The molecule has 1 heterocycles. The minimum absolute atomic E-state index is 0.0279. The summed E-state index contributed by atoms with van der Waals surface area (Å²) >= 11 is 0. The molecule has 0 saturated carbocycles. The van der Waals surface area contributed by atoms with Crippen LogP contribution in [0, 0.1) is 0 Å². The van der Waals surface area contributed by atoms with Gasteiger partial charge in [0.25, 0.3) is 5.91 Å². The fraction of sp³-hybridized carbons (Fsp3) is 0.308. The predicted molar refractivity (Wildman–Crippen MR) is 124 cm³/mol. The molecule has 3 aromatic carbocycles. The maximum atomic E-state index is 12.8. The van der Waals surface area contributed by atoms with Crippen LogP contribution in [0.2, 0.25) is 0 Å². The van der Waals surface area contributed by atoms with Crippen LogP contribution in [-0.2, 0) is 11.2 Å². The van der Waals surface area contributed by atoms with E-state index in [0.29, 0.717) is 32.5 Å². The number of amides is 2. The summed E-state index contributed by atoms with van der Waals surface area (Å²) in [6.45, 7) is 3.80. The molecule has 1 aliphatic heterocycles. The molecule has 0 saturated heterocycles. The lowest BCUT2D eigenvalue weighted by atomic mass is 10.1. The summed E-state index contributed by atoms with van der Waals surface area (Å²) in [6, 6.07) is 19.8. The maximum Gasteiger partial charge on any atom is 0.258 e. The number of benzene rings is 3. The van der Waals surface area contributed by atoms with Gasteiger partial charge in [-0.05, 0) is 55.3 Å². The highest BCUT2D eigenvalue weighted by molar-refractivity contribution is 6.25. The standard InChI is InChI=1S/C26H28N2O3/c1-2-31-23-15-4-3-9-19(23)12-7-17-27-24(29)16-8-18-28-22-14-6-11-20-10-5-13-21(25(20)22)26(28)30/h3-6,9-11,13-15H,2,7-8,12,16-18H2,1H3,(H,27,29). The second-order valence-corrected chi connectivity index (χ2v) is 7.74. The number of ether oxygens (including phenoxy) is 1. The third-order valence-electron chi connectivity index (χ3n) is 5.65. The summed E-state index contributed by atoms with van der Waals surface area (Å²) < 4.78 is 5.65. The van der Waals surface area contributed by atoms with E-state index in [1.165, 1.54) is 5.56 Å². The number of aryl methyl sites for hydroxylation is 1. The third-order valence-corrected chi connectivity index (χ3v) is 5.65. The number of hydrogen-bond acceptors (Lipinski definition) is 3. The number of anilines is 1. The van der Waals surface area contributed by atoms with E-state index in [0.717, 1.165) is 40.6 Å². The van der Waals surface area contributed by atoms with Crippen molar-refractivity contribution >= 4 is 28.3 Å². The number of nitrogens with zero attached hydrogens (tertiary/aromatic N) is 1. The molecule has 5 heteroatoms. The minimum Gasteiger partial charge on any atom is -0.494 e. The number of hydrogen-bond donors (Lipinski definition) is 1. The molecular weight excluding hydrogens is 388 g/mol. The van der Waals surface area contributed by atoms with Crippen LogP contribution in [-0.4, -0.2) is 31.5 Å². The second kappa shape index (κ2) is 9.65. The van der Waals surface area contributed by atoms with Gasteiger partial charge >= 0.3 is 0 Å². The van der Waals surface area contributed by atoms with Gasteiger partial charge in [0.15, 0.2) is 0 Å². The van der Waals surface area contributed by atoms with Crippen molar-refractivity contribution in [2.24, 2.45) is 0 Å². The Hall–Kier alpha value is -3.34. The largest absolute Gasteiger partial charge is 0.494 e. The number of rotatable bonds is 10. The molecule has 1 aliphatic rings. The first-order valence-electron chi connectivity index (χ1n) is 11.0. The molecule has 160 valence electrons. The van der Waals surface area contributed by atoms with Gasteiger partial charge in [0.05, 0.1) is 12.3 Å². The van der Waals surface area contributed by atoms with Crippen molar-refractivity contribution < 1.29 is 14.3 Å². The third kappa shape index (κ3) is 4.55. The van der Waals surface area contributed by atoms with Gasteiger partial charge in [-0.2, -0.15) is 0 Å². The monoisotopic (exact) mass is 416 g/mol. The van der Waals surface area contributed by atoms with E-state index in [2.05, 4.69) is 11.4 Å². The van der Waals surface area contributed by atoms with Crippen molar-refractivity contribution in [1.29, 1.82) is 0 Å². The van der Waals surface area contributed by atoms with Crippen LogP contribution in [0.1, 0.15) is 42.1 Å². The molecular formula is C26H28N2O3. The summed E-state index contributed by atoms with van der Waals surface area (Å²) in [5.41, 5.74) is 2.87. The Balaban J connectivity index is 1.22. The van der Waals surface area contributed by atoms with E-state index < -0.39 is 0 Å². The van der Waals surface area contributed by atoms with Crippen LogP contribution < -0.4 is 15.0 Å². The smallest absolute Gasteiger partial charge is 0.258 e. The molecule has 0 bridgehead atoms. The zero-order valence-electron chi connectivity index (χ0n) is 17.9. The number of para-hydroxylation sites is 1. The molecule has 2 amide bonds. The van der Waals surface area contributed by atoms with E-state index in [1.807, 2.05) is 61.5 Å². The van der Waals surface area contributed by atoms with Crippen molar-refractivity contribution in [3.05, 3.63) is 71.8 Å². The van der Waals surface area contributed by atoms with Crippen LogP contribution in [0.25, 0.3) is 10.8 Å². The normalized spacial score (nSPS) is 12.4. The highest BCUT2D eigenvalue weighted by atomic mass is 16.5. The van der Waals surface area contributed by atoms with E-state index in [-0.39, 0.29) is 11.8 Å². The fourth-order valence-electron chi connectivity index (χ4n) is 4.20. The molecule has 1 N–H and O–H groups in total. The Bertz CT molecular complexity index is 1090. The summed E-state index contributed by atoms with van der Waals surface area (Å²) in [5, 5.41) is 5.09. The zero-order valence-corrected chi connectivity index (χ0v) is 17.9. The van der Waals surface area contributed by atoms with Gasteiger partial charge in [-0.3, -0.25) is 9.59 Å². The molecule has 0 spiro atoms. The highest BCUT2D eigenvalue weighted by Gasteiger charge is 2.28. The molecule has 4 rings (SSSR count). The fourth-order valence-corrected chi connectivity index (χ4v) is 4.20. The van der Waals surface area contributed by atoms with E-state index in [9.17, 15) is 9.59 Å². The van der Waals surface area contributed by atoms with Gasteiger partial charge in [0.1, 0.15) is 5.75 Å². The molecule has 31 heavy (non-hydrogen) atoms. The first kappa shape index (κ1) is 20.9. The van der Waals surface area contributed by atoms with Crippen molar-refractivity contribution in [2.45, 2.75) is 32.6 Å². The lowest BCUT2D eigenvalue weighted by molar-refractivity contribution is -0.121. The molecule has 0 aromatic heterocycles. The average Bonchev–Trinajstić information content (AvgIpc) is 3.06. The predicted octanol–water partition coefficient (Wildman–Crippen LogP) is 4.73. The average molecular weight is 417 g/mol. The summed E-state index contributed by atoms with van der Waals surface area (Å²) in [6.07, 6.45) is 2.76. The number of carbonyl (C=O) groups is 2. The topological polar surface area (TPSA) is 58.6 Å². The van der Waals surface area contributed by atoms with Gasteiger partial charge in [0.2, 0.25) is 5.91 Å². The Morgan fingerprint density at radius 1 is 1.00 bits per heavy atom. The van der Waals surface area contributed by atoms with Gasteiger partial charge in [-0.1, -0.05) is 42.5 Å². The van der Waals surface area contributed by atoms with Gasteiger partial charge in [-0.15, -0.1) is 0 Å². The second-order valence-electron chi connectivity index (χ2n) is 7.74. The van der Waals surface area contributed by atoms with Crippen LogP contribution in [0.15, 0.2) is 60.7 Å². The molecule has 0 unspecified atom stereocenters. The van der Waals surface area contributed by atoms with Crippen molar-refractivity contribution in [3.63, 3.8) is 0 Å². The van der Waals surface area contributed by atoms with Crippen LogP contribution in [0.3, 0.4) is 0 Å². The highest BCUT2D eigenvalue weighted by Crippen LogP contribution is 2.37. The number of nitrogens with one attached hydrogen (secondary N) is 1. The Kier molecular flexibility index (Phi) is 6.51. The lowest BCUT2D eigenvalue weighted by Gasteiger charge is -2.17. The quantitative estimate of drug-likeness (QED) is 0.486. The Labute approximate surface area is 183 Å². The van der Waals surface area contributed by atoms with Gasteiger partial charge in [0, 0.05) is 30.5 Å². The van der Waals surface area contributed by atoms with Crippen LogP contribution in [0.5, 0.6) is 5.75 Å².